The van der Waals surface area contributed by atoms with Gasteiger partial charge in [0.25, 0.3) is 0 Å². The van der Waals surface area contributed by atoms with Gasteiger partial charge in [0.05, 0.1) is 21.3 Å². The zero-order valence-corrected chi connectivity index (χ0v) is 13.7. The van der Waals surface area contributed by atoms with Crippen molar-refractivity contribution in [1.29, 1.82) is 0 Å². The zero-order valence-electron chi connectivity index (χ0n) is 13.7. The van der Waals surface area contributed by atoms with Crippen LogP contribution in [-0.4, -0.2) is 44.9 Å². The molecule has 2 N–H and O–H groups in total. The van der Waals surface area contributed by atoms with E-state index in [4.69, 9.17) is 19.3 Å². The molecule has 128 valence electrons. The third-order valence-electron chi connectivity index (χ3n) is 3.30. The molecule has 0 aliphatic carbocycles. The average Bonchev–Trinajstić information content (AvgIpc) is 2.55. The van der Waals surface area contributed by atoms with Crippen molar-refractivity contribution in [1.82, 2.24) is 5.32 Å². The Kier molecular flexibility index (Phi) is 7.73. The van der Waals surface area contributed by atoms with E-state index >= 15 is 0 Å². The molecule has 0 atom stereocenters. The fourth-order valence-corrected chi connectivity index (χ4v) is 2.16. The number of carboxylic acids is 1. The second-order valence-corrected chi connectivity index (χ2v) is 4.84. The van der Waals surface area contributed by atoms with Crippen LogP contribution in [0, 0.1) is 0 Å². The maximum absolute atomic E-state index is 11.8. The fourth-order valence-electron chi connectivity index (χ4n) is 2.16. The van der Waals surface area contributed by atoms with Gasteiger partial charge in [0.2, 0.25) is 11.7 Å². The van der Waals surface area contributed by atoms with Gasteiger partial charge in [-0.1, -0.05) is 6.07 Å². The minimum Gasteiger partial charge on any atom is -0.493 e. The summed E-state index contributed by atoms with van der Waals surface area (Å²) in [5, 5.41) is 11.2. The highest BCUT2D eigenvalue weighted by Gasteiger charge is 2.16. The number of carbonyl (C=O) groups excluding carboxylic acids is 1. The van der Waals surface area contributed by atoms with Crippen LogP contribution >= 0.6 is 0 Å². The van der Waals surface area contributed by atoms with Crippen molar-refractivity contribution in [3.05, 3.63) is 17.7 Å². The summed E-state index contributed by atoms with van der Waals surface area (Å²) >= 11 is 0. The highest BCUT2D eigenvalue weighted by Crippen LogP contribution is 2.40. The quantitative estimate of drug-likeness (QED) is 0.635. The number of carbonyl (C=O) groups is 2. The summed E-state index contributed by atoms with van der Waals surface area (Å²) in [4.78, 5) is 22.2. The molecule has 0 bridgehead atoms. The van der Waals surface area contributed by atoms with E-state index in [1.807, 2.05) is 6.07 Å². The Labute approximate surface area is 135 Å². The molecular weight excluding hydrogens is 302 g/mol. The number of rotatable bonds is 10. The number of benzene rings is 1. The minimum atomic E-state index is -0.866. The molecule has 0 heterocycles. The predicted molar refractivity (Wildman–Crippen MR) is 84.3 cm³/mol. The monoisotopic (exact) mass is 325 g/mol. The average molecular weight is 325 g/mol. The van der Waals surface area contributed by atoms with Gasteiger partial charge in [-0.15, -0.1) is 0 Å². The third-order valence-corrected chi connectivity index (χ3v) is 3.30. The topological polar surface area (TPSA) is 94.1 Å². The molecular formula is C16H23NO6. The SMILES string of the molecule is COc1ccc(CCC(=O)NCCCC(=O)O)c(OC)c1OC. The highest BCUT2D eigenvalue weighted by molar-refractivity contribution is 5.76. The van der Waals surface area contributed by atoms with Crippen LogP contribution in [0.15, 0.2) is 12.1 Å². The Balaban J connectivity index is 2.60. The number of amides is 1. The number of aryl methyl sites for hydroxylation is 1. The summed E-state index contributed by atoms with van der Waals surface area (Å²) in [5.41, 5.74) is 0.839. The maximum atomic E-state index is 11.8. The summed E-state index contributed by atoms with van der Waals surface area (Å²) in [7, 11) is 4.60. The van der Waals surface area contributed by atoms with Gasteiger partial charge in [0.15, 0.2) is 11.5 Å². The molecule has 23 heavy (non-hydrogen) atoms. The summed E-state index contributed by atoms with van der Waals surface area (Å²) in [6.45, 7) is 0.355. The minimum absolute atomic E-state index is 0.0454. The van der Waals surface area contributed by atoms with E-state index in [2.05, 4.69) is 5.32 Å². The van der Waals surface area contributed by atoms with Gasteiger partial charge in [-0.3, -0.25) is 9.59 Å². The second-order valence-electron chi connectivity index (χ2n) is 4.84. The van der Waals surface area contributed by atoms with Crippen LogP contribution < -0.4 is 19.5 Å². The molecule has 0 fully saturated rings. The highest BCUT2D eigenvalue weighted by atomic mass is 16.5. The van der Waals surface area contributed by atoms with Gasteiger partial charge in [-0.25, -0.2) is 0 Å². The summed E-state index contributed by atoms with van der Waals surface area (Å²) in [6.07, 6.45) is 1.22. The number of ether oxygens (including phenoxy) is 3. The van der Waals surface area contributed by atoms with Crippen LogP contribution in [0.2, 0.25) is 0 Å². The molecule has 0 unspecified atom stereocenters. The lowest BCUT2D eigenvalue weighted by Gasteiger charge is -2.15. The van der Waals surface area contributed by atoms with Gasteiger partial charge in [-0.05, 0) is 24.5 Å². The first-order valence-corrected chi connectivity index (χ1v) is 7.29. The molecule has 0 saturated heterocycles. The molecule has 1 rings (SSSR count). The molecule has 0 aromatic heterocycles. The van der Waals surface area contributed by atoms with Crippen LogP contribution in [0.1, 0.15) is 24.8 Å². The molecule has 1 aromatic carbocycles. The lowest BCUT2D eigenvalue weighted by molar-refractivity contribution is -0.137. The number of hydrogen-bond acceptors (Lipinski definition) is 5. The molecule has 7 nitrogen and oxygen atoms in total. The molecule has 1 aromatic rings. The van der Waals surface area contributed by atoms with Gasteiger partial charge in [0.1, 0.15) is 0 Å². The number of hydrogen-bond donors (Lipinski definition) is 2. The number of carboxylic acid groups (broad SMARTS) is 1. The first kappa shape index (κ1) is 18.6. The van der Waals surface area contributed by atoms with Crippen molar-refractivity contribution in [2.45, 2.75) is 25.7 Å². The summed E-state index contributed by atoms with van der Waals surface area (Å²) in [6, 6.07) is 3.60. The van der Waals surface area contributed by atoms with E-state index in [9.17, 15) is 9.59 Å². The standard InChI is InChI=1S/C16H23NO6/c1-21-12-8-6-11(15(22-2)16(12)23-3)7-9-13(18)17-10-4-5-14(19)20/h6,8H,4-5,7,9-10H2,1-3H3,(H,17,18)(H,19,20). The molecule has 0 saturated carbocycles. The summed E-state index contributed by atoms with van der Waals surface area (Å²) < 4.78 is 15.9. The van der Waals surface area contributed by atoms with E-state index in [1.54, 1.807) is 13.2 Å². The predicted octanol–water partition coefficient (Wildman–Crippen LogP) is 1.63. The lowest BCUT2D eigenvalue weighted by Crippen LogP contribution is -2.25. The Morgan fingerprint density at radius 3 is 2.30 bits per heavy atom. The van der Waals surface area contributed by atoms with E-state index in [0.29, 0.717) is 36.6 Å². The second kappa shape index (κ2) is 9.55. The van der Waals surface area contributed by atoms with Crippen molar-refractivity contribution in [2.24, 2.45) is 0 Å². The molecule has 0 spiro atoms. The molecule has 7 heteroatoms. The van der Waals surface area contributed by atoms with Crippen molar-refractivity contribution in [2.75, 3.05) is 27.9 Å². The molecule has 1 amide bonds. The van der Waals surface area contributed by atoms with E-state index in [0.717, 1.165) is 5.56 Å². The van der Waals surface area contributed by atoms with Crippen LogP contribution in [0.5, 0.6) is 17.2 Å². The Hall–Kier alpha value is -2.44. The summed E-state index contributed by atoms with van der Waals surface area (Å²) in [5.74, 6) is 0.604. The maximum Gasteiger partial charge on any atom is 0.303 e. The van der Waals surface area contributed by atoms with E-state index in [1.165, 1.54) is 14.2 Å². The van der Waals surface area contributed by atoms with Crippen LogP contribution in [0.25, 0.3) is 0 Å². The van der Waals surface area contributed by atoms with Gasteiger partial charge >= 0.3 is 5.97 Å². The Morgan fingerprint density at radius 2 is 1.74 bits per heavy atom. The van der Waals surface area contributed by atoms with Gasteiger partial charge in [-0.2, -0.15) is 0 Å². The van der Waals surface area contributed by atoms with Crippen LogP contribution in [-0.2, 0) is 16.0 Å². The van der Waals surface area contributed by atoms with E-state index < -0.39 is 5.97 Å². The van der Waals surface area contributed by atoms with E-state index in [-0.39, 0.29) is 18.7 Å². The van der Waals surface area contributed by atoms with Gasteiger partial charge < -0.3 is 24.6 Å². The number of nitrogens with one attached hydrogen (secondary N) is 1. The molecule has 0 radical (unpaired) electrons. The first-order valence-electron chi connectivity index (χ1n) is 7.29. The number of aliphatic carboxylic acids is 1. The van der Waals surface area contributed by atoms with Crippen molar-refractivity contribution in [3.8, 4) is 17.2 Å². The zero-order chi connectivity index (χ0) is 17.2. The van der Waals surface area contributed by atoms with Crippen LogP contribution in [0.3, 0.4) is 0 Å². The third kappa shape index (κ3) is 5.69. The first-order chi connectivity index (χ1) is 11.0. The molecule has 0 aliphatic heterocycles. The largest absolute Gasteiger partial charge is 0.493 e. The lowest BCUT2D eigenvalue weighted by atomic mass is 10.1. The van der Waals surface area contributed by atoms with Crippen molar-refractivity contribution in [3.63, 3.8) is 0 Å². The van der Waals surface area contributed by atoms with Crippen molar-refractivity contribution < 1.29 is 28.9 Å². The molecule has 0 aliphatic rings. The van der Waals surface area contributed by atoms with Gasteiger partial charge in [0, 0.05) is 19.4 Å². The van der Waals surface area contributed by atoms with Crippen molar-refractivity contribution >= 4 is 11.9 Å². The number of methoxy groups -OCH3 is 3. The smallest absolute Gasteiger partial charge is 0.303 e. The fraction of sp³-hybridized carbons (Fsp3) is 0.500. The van der Waals surface area contributed by atoms with Crippen LogP contribution in [0.4, 0.5) is 0 Å². The normalized spacial score (nSPS) is 10.0. The Morgan fingerprint density at radius 1 is 1.04 bits per heavy atom. The Bertz CT molecular complexity index is 544.